The molecule has 1 aliphatic rings. The van der Waals surface area contributed by atoms with E-state index in [0.717, 1.165) is 0 Å². The van der Waals surface area contributed by atoms with Crippen molar-refractivity contribution in [1.82, 2.24) is 0 Å². The van der Waals surface area contributed by atoms with Crippen LogP contribution in [-0.4, -0.2) is 0 Å². The second-order valence-corrected chi connectivity index (χ2v) is 7.06. The minimum Gasteiger partial charge on any atom is -0.310 e. The molecule has 0 aliphatic carbocycles. The highest BCUT2D eigenvalue weighted by Crippen LogP contribution is 2.39. The summed E-state index contributed by atoms with van der Waals surface area (Å²) in [5, 5.41) is 0. The molecular formula is C31H37N. The van der Waals surface area contributed by atoms with Crippen molar-refractivity contribution in [2.75, 3.05) is 4.90 Å². The molecule has 1 aliphatic heterocycles. The van der Waals surface area contributed by atoms with Gasteiger partial charge in [-0.1, -0.05) is 112 Å². The lowest BCUT2D eigenvalue weighted by Gasteiger charge is -2.28. The van der Waals surface area contributed by atoms with Crippen LogP contribution < -0.4 is 4.90 Å². The van der Waals surface area contributed by atoms with Crippen molar-refractivity contribution in [3.05, 3.63) is 113 Å². The first-order valence-corrected chi connectivity index (χ1v) is 11.8. The number of allylic oxidation sites excluding steroid dienone is 3. The molecule has 3 aromatic rings. The minimum absolute atomic E-state index is 1.17. The number of para-hydroxylation sites is 1. The van der Waals surface area contributed by atoms with Crippen LogP contribution in [0.3, 0.4) is 0 Å². The molecule has 1 nitrogen and oxygen atoms in total. The topological polar surface area (TPSA) is 3.24 Å². The highest BCUT2D eigenvalue weighted by atomic mass is 15.2. The van der Waals surface area contributed by atoms with E-state index in [1.807, 2.05) is 27.7 Å². The van der Waals surface area contributed by atoms with Gasteiger partial charge in [0.2, 0.25) is 0 Å². The summed E-state index contributed by atoms with van der Waals surface area (Å²) in [4.78, 5) is 2.35. The molecule has 0 fully saturated rings. The fourth-order valence-electron chi connectivity index (χ4n) is 3.72. The Morgan fingerprint density at radius 1 is 0.625 bits per heavy atom. The van der Waals surface area contributed by atoms with E-state index in [4.69, 9.17) is 0 Å². The first-order chi connectivity index (χ1) is 15.7. The Morgan fingerprint density at radius 2 is 1.19 bits per heavy atom. The smallest absolute Gasteiger partial charge is 0.0534 e. The van der Waals surface area contributed by atoms with E-state index < -0.39 is 0 Å². The molecule has 0 unspecified atom stereocenters. The monoisotopic (exact) mass is 423 g/mol. The van der Waals surface area contributed by atoms with Gasteiger partial charge in [-0.25, -0.2) is 0 Å². The van der Waals surface area contributed by atoms with Crippen LogP contribution in [0.1, 0.15) is 52.7 Å². The zero-order chi connectivity index (χ0) is 23.5. The molecular weight excluding hydrogens is 386 g/mol. The Balaban J connectivity index is 0.000000860. The number of hydrogen-bond donors (Lipinski definition) is 0. The molecule has 0 bridgehead atoms. The number of rotatable bonds is 2. The van der Waals surface area contributed by atoms with Crippen LogP contribution in [0.5, 0.6) is 0 Å². The second kappa shape index (κ2) is 12.5. The zero-order valence-electron chi connectivity index (χ0n) is 20.7. The van der Waals surface area contributed by atoms with Crippen LogP contribution in [0.25, 0.3) is 17.2 Å². The maximum Gasteiger partial charge on any atom is 0.0534 e. The van der Waals surface area contributed by atoms with Crippen molar-refractivity contribution in [1.29, 1.82) is 0 Å². The molecule has 166 valence electrons. The summed E-state index contributed by atoms with van der Waals surface area (Å²) in [5.74, 6) is 0. The highest BCUT2D eigenvalue weighted by molar-refractivity contribution is 5.83. The minimum atomic E-state index is 1.17. The molecule has 0 N–H and O–H groups in total. The normalized spacial score (nSPS) is 14.7. The maximum atomic E-state index is 2.35. The van der Waals surface area contributed by atoms with Crippen LogP contribution >= 0.6 is 0 Å². The maximum absolute atomic E-state index is 2.35. The van der Waals surface area contributed by atoms with Gasteiger partial charge in [-0.2, -0.15) is 0 Å². The van der Waals surface area contributed by atoms with Crippen LogP contribution in [0.2, 0.25) is 0 Å². The van der Waals surface area contributed by atoms with Crippen molar-refractivity contribution in [2.24, 2.45) is 0 Å². The molecule has 1 heteroatoms. The van der Waals surface area contributed by atoms with Gasteiger partial charge in [-0.3, -0.25) is 0 Å². The third-order valence-corrected chi connectivity index (χ3v) is 5.25. The molecule has 0 radical (unpaired) electrons. The number of hydrogen-bond acceptors (Lipinski definition) is 1. The van der Waals surface area contributed by atoms with Gasteiger partial charge >= 0.3 is 0 Å². The molecule has 4 rings (SSSR count). The largest absolute Gasteiger partial charge is 0.310 e. The molecule has 0 saturated heterocycles. The predicted molar refractivity (Wildman–Crippen MR) is 144 cm³/mol. The van der Waals surface area contributed by atoms with Crippen LogP contribution in [0.15, 0.2) is 102 Å². The predicted octanol–water partition coefficient (Wildman–Crippen LogP) is 9.73. The van der Waals surface area contributed by atoms with Crippen molar-refractivity contribution in [2.45, 2.75) is 48.5 Å². The molecule has 0 saturated carbocycles. The Morgan fingerprint density at radius 3 is 1.75 bits per heavy atom. The number of aryl methyl sites for hydroxylation is 1. The summed E-state index contributed by atoms with van der Waals surface area (Å²) in [5.41, 5.74) is 9.78. The van der Waals surface area contributed by atoms with Crippen LogP contribution in [0, 0.1) is 6.92 Å². The quantitative estimate of drug-likeness (QED) is 0.396. The van der Waals surface area contributed by atoms with Gasteiger partial charge in [-0.15, -0.1) is 0 Å². The molecule has 0 aromatic heterocycles. The average Bonchev–Trinajstić information content (AvgIpc) is 3.03. The Kier molecular flexibility index (Phi) is 9.76. The fraction of sp³-hybridized carbons (Fsp3) is 0.226. The third kappa shape index (κ3) is 5.48. The molecule has 32 heavy (non-hydrogen) atoms. The van der Waals surface area contributed by atoms with Crippen molar-refractivity contribution in [3.63, 3.8) is 0 Å². The SMILES string of the molecule is C/C=C1/C=Cc2ccccc2N(c2ccc(-c3ccc(C)cc3)cc2)/C1=C/C.CC.CC. The number of benzene rings is 3. The molecule has 1 heterocycles. The van der Waals surface area contributed by atoms with Crippen LogP contribution in [-0.2, 0) is 0 Å². The van der Waals surface area contributed by atoms with Gasteiger partial charge in [0.1, 0.15) is 0 Å². The van der Waals surface area contributed by atoms with E-state index in [1.54, 1.807) is 0 Å². The van der Waals surface area contributed by atoms with Gasteiger partial charge in [0.05, 0.1) is 5.69 Å². The summed E-state index contributed by atoms with van der Waals surface area (Å²) in [6.07, 6.45) is 8.77. The second-order valence-electron chi connectivity index (χ2n) is 7.06. The summed E-state index contributed by atoms with van der Waals surface area (Å²) < 4.78 is 0. The lowest BCUT2D eigenvalue weighted by Crippen LogP contribution is -2.17. The summed E-state index contributed by atoms with van der Waals surface area (Å²) in [6, 6.07) is 26.1. The van der Waals surface area contributed by atoms with E-state index in [0.29, 0.717) is 0 Å². The lowest BCUT2D eigenvalue weighted by atomic mass is 10.0. The van der Waals surface area contributed by atoms with E-state index in [2.05, 4.69) is 123 Å². The zero-order valence-corrected chi connectivity index (χ0v) is 20.7. The lowest BCUT2D eigenvalue weighted by molar-refractivity contribution is 1.17. The van der Waals surface area contributed by atoms with E-state index >= 15 is 0 Å². The third-order valence-electron chi connectivity index (χ3n) is 5.25. The van der Waals surface area contributed by atoms with Gasteiger partial charge in [-0.05, 0) is 61.2 Å². The standard InChI is InChI=1S/C27H25N.2C2H6/c1-4-21-14-15-24-8-6-7-9-27(24)28(26(21)5-2)25-18-16-23(17-19-25)22-12-10-20(3)11-13-22;2*1-2/h4-19H,1-3H3;2*1-2H3/b21-4-,26-5+;;. The number of nitrogens with zero attached hydrogens (tertiary/aromatic N) is 1. The van der Waals surface area contributed by atoms with Crippen LogP contribution in [0.4, 0.5) is 11.4 Å². The molecule has 0 spiro atoms. The van der Waals surface area contributed by atoms with E-state index in [9.17, 15) is 0 Å². The number of anilines is 2. The summed E-state index contributed by atoms with van der Waals surface area (Å²) >= 11 is 0. The summed E-state index contributed by atoms with van der Waals surface area (Å²) in [7, 11) is 0. The average molecular weight is 424 g/mol. The van der Waals surface area contributed by atoms with Crippen molar-refractivity contribution < 1.29 is 0 Å². The number of fused-ring (bicyclic) bond motifs is 1. The Labute approximate surface area is 195 Å². The van der Waals surface area contributed by atoms with Gasteiger partial charge < -0.3 is 4.90 Å². The van der Waals surface area contributed by atoms with Gasteiger partial charge in [0.15, 0.2) is 0 Å². The van der Waals surface area contributed by atoms with Gasteiger partial charge in [0.25, 0.3) is 0 Å². The van der Waals surface area contributed by atoms with Crippen molar-refractivity contribution >= 4 is 17.5 Å². The highest BCUT2D eigenvalue weighted by Gasteiger charge is 2.20. The fourth-order valence-corrected chi connectivity index (χ4v) is 3.72. The molecule has 0 amide bonds. The first-order valence-electron chi connectivity index (χ1n) is 11.8. The Hall–Kier alpha value is -3.32. The van der Waals surface area contributed by atoms with Gasteiger partial charge in [0, 0.05) is 11.4 Å². The Bertz CT molecular complexity index is 1060. The molecule has 0 atom stereocenters. The molecule has 3 aromatic carbocycles. The van der Waals surface area contributed by atoms with Crippen molar-refractivity contribution in [3.8, 4) is 11.1 Å². The first kappa shape index (κ1) is 24.9. The van der Waals surface area contributed by atoms with E-state index in [-0.39, 0.29) is 0 Å². The van der Waals surface area contributed by atoms with E-state index in [1.165, 1.54) is 44.9 Å². The summed E-state index contributed by atoms with van der Waals surface area (Å²) in [6.45, 7) is 14.3.